The van der Waals surface area contributed by atoms with Crippen molar-refractivity contribution in [3.8, 4) is 6.07 Å². The lowest BCUT2D eigenvalue weighted by Gasteiger charge is -2.35. The Kier molecular flexibility index (Phi) is 5.79. The molecule has 31 heavy (non-hydrogen) atoms. The average molecular weight is 445 g/mol. The fourth-order valence-corrected chi connectivity index (χ4v) is 6.43. The van der Waals surface area contributed by atoms with Crippen LogP contribution in [0.5, 0.6) is 0 Å². The molecule has 3 fully saturated rings. The normalized spacial score (nSPS) is 28.0. The number of hydrogen-bond acceptors (Lipinski definition) is 6. The monoisotopic (exact) mass is 444 g/mol. The molecule has 4 rings (SSSR count). The fraction of sp³-hybridized carbons (Fsp3) is 0.591. The van der Waals surface area contributed by atoms with E-state index >= 15 is 0 Å². The number of carbonyl (C=O) groups is 2. The van der Waals surface area contributed by atoms with Gasteiger partial charge in [0.1, 0.15) is 5.54 Å². The highest BCUT2D eigenvalue weighted by Gasteiger charge is 2.52. The van der Waals surface area contributed by atoms with Crippen LogP contribution in [0.15, 0.2) is 35.2 Å². The molecule has 9 heteroatoms. The minimum Gasteiger partial charge on any atom is -0.340 e. The molecule has 0 aromatic heterocycles. The van der Waals surface area contributed by atoms with Crippen LogP contribution in [0.25, 0.3) is 0 Å². The third-order valence-electron chi connectivity index (χ3n) is 6.83. The van der Waals surface area contributed by atoms with Crippen LogP contribution in [-0.2, 0) is 19.4 Å². The number of nitrogens with one attached hydrogen (secondary N) is 1. The molecule has 3 atom stereocenters. The van der Waals surface area contributed by atoms with Crippen LogP contribution in [0, 0.1) is 23.2 Å². The minimum atomic E-state index is -3.67. The van der Waals surface area contributed by atoms with Crippen LogP contribution in [0.4, 0.5) is 0 Å². The Morgan fingerprint density at radius 3 is 2.26 bits per heavy atom. The van der Waals surface area contributed by atoms with Crippen molar-refractivity contribution in [2.45, 2.75) is 41.4 Å². The summed E-state index contributed by atoms with van der Waals surface area (Å²) >= 11 is 0. The number of nitriles is 1. The van der Waals surface area contributed by atoms with Crippen molar-refractivity contribution in [1.82, 2.24) is 15.1 Å². The quantitative estimate of drug-likeness (QED) is 0.719. The predicted molar refractivity (Wildman–Crippen MR) is 113 cm³/mol. The van der Waals surface area contributed by atoms with Crippen molar-refractivity contribution >= 4 is 21.7 Å². The zero-order valence-corrected chi connectivity index (χ0v) is 18.5. The first-order valence-electron chi connectivity index (χ1n) is 10.8. The van der Waals surface area contributed by atoms with Gasteiger partial charge in [0.05, 0.1) is 28.1 Å². The highest BCUT2D eigenvalue weighted by Crippen LogP contribution is 2.41. The maximum absolute atomic E-state index is 13.3. The molecular weight excluding hydrogens is 416 g/mol. The smallest absolute Gasteiger partial charge is 0.226 e. The molecule has 3 aliphatic rings. The second kappa shape index (κ2) is 8.24. The summed E-state index contributed by atoms with van der Waals surface area (Å²) in [6, 6.07) is 10.3. The molecule has 8 nitrogen and oxygen atoms in total. The van der Waals surface area contributed by atoms with Crippen LogP contribution in [-0.4, -0.2) is 74.0 Å². The maximum Gasteiger partial charge on any atom is 0.226 e. The van der Waals surface area contributed by atoms with Crippen molar-refractivity contribution < 1.29 is 18.0 Å². The molecule has 1 N–H and O–H groups in total. The van der Waals surface area contributed by atoms with Gasteiger partial charge in [-0.2, -0.15) is 5.26 Å². The molecule has 1 aromatic carbocycles. The van der Waals surface area contributed by atoms with E-state index in [1.807, 2.05) is 7.05 Å². The van der Waals surface area contributed by atoms with Crippen LogP contribution < -0.4 is 5.32 Å². The second-order valence-electron chi connectivity index (χ2n) is 8.98. The summed E-state index contributed by atoms with van der Waals surface area (Å²) in [6.07, 6.45) is 1.39. The Morgan fingerprint density at radius 2 is 1.68 bits per heavy atom. The zero-order valence-electron chi connectivity index (χ0n) is 17.7. The molecule has 166 valence electrons. The third kappa shape index (κ3) is 4.32. The molecule has 1 aromatic rings. The van der Waals surface area contributed by atoms with Gasteiger partial charge in [0.2, 0.25) is 11.8 Å². The van der Waals surface area contributed by atoms with E-state index in [1.165, 1.54) is 0 Å². The lowest BCUT2D eigenvalue weighted by Crippen LogP contribution is -2.51. The Hall–Kier alpha value is -2.44. The molecule has 0 spiro atoms. The van der Waals surface area contributed by atoms with Crippen molar-refractivity contribution in [2.75, 3.05) is 33.2 Å². The molecule has 1 saturated heterocycles. The van der Waals surface area contributed by atoms with Crippen LogP contribution in [0.3, 0.4) is 0 Å². The summed E-state index contributed by atoms with van der Waals surface area (Å²) in [5.41, 5.74) is -0.852. The lowest BCUT2D eigenvalue weighted by molar-refractivity contribution is -0.142. The van der Waals surface area contributed by atoms with E-state index in [4.69, 9.17) is 0 Å². The SMILES string of the molecule is CN1CCN(C(=O)C2C[C@H](S(=O)(=O)c3ccccc3)C[C@H]2C(=O)NC2(C#N)CC2)CC1. The van der Waals surface area contributed by atoms with Gasteiger partial charge in [0.15, 0.2) is 9.84 Å². The summed E-state index contributed by atoms with van der Waals surface area (Å²) in [4.78, 5) is 30.5. The van der Waals surface area contributed by atoms with E-state index in [9.17, 15) is 23.3 Å². The van der Waals surface area contributed by atoms with Crippen molar-refractivity contribution in [3.05, 3.63) is 30.3 Å². The van der Waals surface area contributed by atoms with Gasteiger partial charge in [-0.25, -0.2) is 8.42 Å². The fourth-order valence-electron chi connectivity index (χ4n) is 4.59. The Balaban J connectivity index is 1.58. The number of rotatable bonds is 5. The van der Waals surface area contributed by atoms with Crippen LogP contribution in [0.2, 0.25) is 0 Å². The van der Waals surface area contributed by atoms with Gasteiger partial charge in [-0.1, -0.05) is 18.2 Å². The zero-order chi connectivity index (χ0) is 22.2. The highest BCUT2D eigenvalue weighted by molar-refractivity contribution is 7.92. The number of carbonyl (C=O) groups excluding carboxylic acids is 2. The number of amides is 2. The molecule has 2 saturated carbocycles. The van der Waals surface area contributed by atoms with Crippen molar-refractivity contribution in [3.63, 3.8) is 0 Å². The highest BCUT2D eigenvalue weighted by atomic mass is 32.2. The van der Waals surface area contributed by atoms with Crippen LogP contribution in [0.1, 0.15) is 25.7 Å². The van der Waals surface area contributed by atoms with E-state index in [2.05, 4.69) is 16.3 Å². The number of likely N-dealkylation sites (N-methyl/N-ethyl adjacent to an activating group) is 1. The van der Waals surface area contributed by atoms with Gasteiger partial charge in [-0.15, -0.1) is 0 Å². The standard InChI is InChI=1S/C22H28N4O4S/c1-25-9-11-26(12-10-25)21(28)19-14-17(31(29,30)16-5-3-2-4-6-16)13-18(19)20(27)24-22(15-23)7-8-22/h2-6,17-19H,7-14H2,1H3,(H,24,27)/t17-,18-,19?/m1/s1. The van der Waals surface area contributed by atoms with E-state index in [-0.39, 0.29) is 29.6 Å². The molecule has 0 bridgehead atoms. The Morgan fingerprint density at radius 1 is 1.06 bits per heavy atom. The first-order valence-corrected chi connectivity index (χ1v) is 12.3. The van der Waals surface area contributed by atoms with Gasteiger partial charge < -0.3 is 15.1 Å². The summed E-state index contributed by atoms with van der Waals surface area (Å²) in [7, 11) is -1.68. The first-order chi connectivity index (χ1) is 14.8. The van der Waals surface area contributed by atoms with Gasteiger partial charge in [0, 0.05) is 26.2 Å². The van der Waals surface area contributed by atoms with Gasteiger partial charge >= 0.3 is 0 Å². The number of hydrogen-bond donors (Lipinski definition) is 1. The number of benzene rings is 1. The number of piperazine rings is 1. The van der Waals surface area contributed by atoms with Crippen molar-refractivity contribution in [1.29, 1.82) is 5.26 Å². The number of nitrogens with zero attached hydrogens (tertiary/aromatic N) is 3. The van der Waals surface area contributed by atoms with E-state index in [0.29, 0.717) is 25.9 Å². The Labute approximate surface area is 183 Å². The largest absolute Gasteiger partial charge is 0.340 e. The van der Waals surface area contributed by atoms with E-state index in [0.717, 1.165) is 13.1 Å². The summed E-state index contributed by atoms with van der Waals surface area (Å²) in [5.74, 6) is -1.97. The number of sulfone groups is 1. The molecule has 1 heterocycles. The second-order valence-corrected chi connectivity index (χ2v) is 11.2. The summed E-state index contributed by atoms with van der Waals surface area (Å²) in [6.45, 7) is 2.63. The summed E-state index contributed by atoms with van der Waals surface area (Å²) in [5, 5.41) is 11.3. The summed E-state index contributed by atoms with van der Waals surface area (Å²) < 4.78 is 26.5. The molecule has 0 radical (unpaired) electrons. The Bertz CT molecular complexity index is 992. The third-order valence-corrected chi connectivity index (χ3v) is 9.02. The van der Waals surface area contributed by atoms with Crippen LogP contribution >= 0.6 is 0 Å². The molecular formula is C22H28N4O4S. The maximum atomic E-state index is 13.3. The average Bonchev–Trinajstić information content (AvgIpc) is 3.39. The van der Waals surface area contributed by atoms with Gasteiger partial charge in [-0.3, -0.25) is 9.59 Å². The molecule has 2 aliphatic carbocycles. The van der Waals surface area contributed by atoms with Gasteiger partial charge in [-0.05, 0) is 44.9 Å². The molecule has 2 amide bonds. The topological polar surface area (TPSA) is 111 Å². The van der Waals surface area contributed by atoms with Gasteiger partial charge in [0.25, 0.3) is 0 Å². The minimum absolute atomic E-state index is 0.0920. The first kappa shape index (κ1) is 21.8. The lowest BCUT2D eigenvalue weighted by atomic mass is 9.93. The predicted octanol–water partition coefficient (Wildman–Crippen LogP) is 0.801. The van der Waals surface area contributed by atoms with Crippen molar-refractivity contribution in [2.24, 2.45) is 11.8 Å². The molecule has 1 aliphatic heterocycles. The molecule has 1 unspecified atom stereocenters. The van der Waals surface area contributed by atoms with E-state index in [1.54, 1.807) is 35.2 Å². The van der Waals surface area contributed by atoms with E-state index < -0.39 is 32.5 Å².